The maximum absolute atomic E-state index is 11.8. The Labute approximate surface area is 118 Å². The lowest BCUT2D eigenvalue weighted by molar-refractivity contribution is 0.956. The minimum Gasteiger partial charge on any atom is -0.378 e. The van der Waals surface area contributed by atoms with Gasteiger partial charge in [0.15, 0.2) is 0 Å². The van der Waals surface area contributed by atoms with Gasteiger partial charge in [0.05, 0.1) is 12.1 Å². The molecule has 0 aliphatic carbocycles. The van der Waals surface area contributed by atoms with Crippen LogP contribution in [0.1, 0.15) is 5.82 Å². The monoisotopic (exact) mass is 291 g/mol. The summed E-state index contributed by atoms with van der Waals surface area (Å²) < 4.78 is 0.662. The predicted molar refractivity (Wildman–Crippen MR) is 79.0 cm³/mol. The summed E-state index contributed by atoms with van der Waals surface area (Å²) in [4.78, 5) is 19.0. The molecule has 0 amide bonds. The Kier molecular flexibility index (Phi) is 3.23. The molecule has 2 N–H and O–H groups in total. The number of aromatic nitrogens is 2. The van der Waals surface area contributed by atoms with Gasteiger partial charge in [-0.05, 0) is 35.7 Å². The molecule has 96 valence electrons. The van der Waals surface area contributed by atoms with Crippen LogP contribution in [-0.2, 0) is 6.54 Å². The number of hydrogen-bond acceptors (Lipinski definition) is 4. The van der Waals surface area contributed by atoms with Crippen LogP contribution in [0, 0.1) is 0 Å². The number of rotatable bonds is 3. The number of halogens is 1. The molecular weight excluding hydrogens is 282 g/mol. The molecule has 19 heavy (non-hydrogen) atoms. The van der Waals surface area contributed by atoms with E-state index in [0.717, 1.165) is 11.2 Å². The lowest BCUT2D eigenvalue weighted by Gasteiger charge is -2.05. The Bertz CT molecular complexity index is 763. The second kappa shape index (κ2) is 5.03. The molecule has 4 nitrogen and oxygen atoms in total. The zero-order valence-corrected chi connectivity index (χ0v) is 11.4. The zero-order valence-electron chi connectivity index (χ0n) is 9.81. The highest BCUT2D eigenvalue weighted by atomic mass is 35.5. The summed E-state index contributed by atoms with van der Waals surface area (Å²) in [5.41, 5.74) is 1.58. The largest absolute Gasteiger partial charge is 0.378 e. The third kappa shape index (κ3) is 2.62. The minimum atomic E-state index is -0.0899. The van der Waals surface area contributed by atoms with Crippen LogP contribution >= 0.6 is 22.9 Å². The maximum Gasteiger partial charge on any atom is 0.268 e. The van der Waals surface area contributed by atoms with E-state index in [2.05, 4.69) is 15.3 Å². The Morgan fingerprint density at radius 2 is 2.05 bits per heavy atom. The molecule has 2 heterocycles. The fourth-order valence-corrected chi connectivity index (χ4v) is 2.61. The molecule has 2 aromatic heterocycles. The maximum atomic E-state index is 11.8. The number of anilines is 1. The molecule has 1 aromatic carbocycles. The summed E-state index contributed by atoms with van der Waals surface area (Å²) in [6, 6.07) is 9.22. The normalized spacial score (nSPS) is 10.8. The predicted octanol–water partition coefficient (Wildman–Crippen LogP) is 3.25. The molecule has 0 saturated heterocycles. The first-order chi connectivity index (χ1) is 9.22. The van der Waals surface area contributed by atoms with Crippen LogP contribution < -0.4 is 10.9 Å². The standard InChI is InChI=1S/C13H10ClN3OS/c14-8-1-3-9(4-2-8)15-7-11-16-10-5-6-19-12(10)13(18)17-11/h1-6,15H,7H2,(H,16,17,18). The van der Waals surface area contributed by atoms with E-state index in [1.807, 2.05) is 35.7 Å². The number of thiophene rings is 1. The van der Waals surface area contributed by atoms with Gasteiger partial charge >= 0.3 is 0 Å². The SMILES string of the molecule is O=c1[nH]c(CNc2ccc(Cl)cc2)nc2ccsc12. The second-order valence-corrected chi connectivity index (χ2v) is 5.36. The van der Waals surface area contributed by atoms with Crippen molar-refractivity contribution in [3.63, 3.8) is 0 Å². The Hall–Kier alpha value is -1.85. The van der Waals surface area contributed by atoms with E-state index in [0.29, 0.717) is 22.1 Å². The highest BCUT2D eigenvalue weighted by Gasteiger charge is 2.04. The van der Waals surface area contributed by atoms with Gasteiger partial charge in [-0.2, -0.15) is 0 Å². The molecule has 0 bridgehead atoms. The van der Waals surface area contributed by atoms with Crippen LogP contribution in [0.3, 0.4) is 0 Å². The molecule has 0 aliphatic rings. The number of nitrogens with zero attached hydrogens (tertiary/aromatic N) is 1. The number of fused-ring (bicyclic) bond motifs is 1. The molecule has 0 atom stereocenters. The van der Waals surface area contributed by atoms with Crippen molar-refractivity contribution in [1.82, 2.24) is 9.97 Å². The third-order valence-corrected chi connectivity index (χ3v) is 3.82. The van der Waals surface area contributed by atoms with Crippen molar-refractivity contribution in [1.29, 1.82) is 0 Å². The molecule has 3 aromatic rings. The smallest absolute Gasteiger partial charge is 0.268 e. The van der Waals surface area contributed by atoms with Crippen LogP contribution in [0.2, 0.25) is 5.02 Å². The Morgan fingerprint density at radius 3 is 2.84 bits per heavy atom. The molecule has 0 fully saturated rings. The highest BCUT2D eigenvalue weighted by Crippen LogP contribution is 2.15. The van der Waals surface area contributed by atoms with Crippen LogP contribution in [-0.4, -0.2) is 9.97 Å². The number of aromatic amines is 1. The average Bonchev–Trinajstić information content (AvgIpc) is 2.87. The van der Waals surface area contributed by atoms with Crippen molar-refractivity contribution in [2.75, 3.05) is 5.32 Å². The van der Waals surface area contributed by atoms with Crippen molar-refractivity contribution < 1.29 is 0 Å². The van der Waals surface area contributed by atoms with Gasteiger partial charge in [0.25, 0.3) is 5.56 Å². The van der Waals surface area contributed by atoms with Crippen molar-refractivity contribution in [3.05, 3.63) is 56.9 Å². The van der Waals surface area contributed by atoms with E-state index in [-0.39, 0.29) is 5.56 Å². The first-order valence-electron chi connectivity index (χ1n) is 5.68. The van der Waals surface area contributed by atoms with Gasteiger partial charge in [0.1, 0.15) is 10.5 Å². The lowest BCUT2D eigenvalue weighted by atomic mass is 10.3. The molecule has 0 saturated carbocycles. The van der Waals surface area contributed by atoms with E-state index < -0.39 is 0 Å². The van der Waals surface area contributed by atoms with Gasteiger partial charge in [-0.1, -0.05) is 11.6 Å². The quantitative estimate of drug-likeness (QED) is 0.779. The van der Waals surface area contributed by atoms with Crippen LogP contribution in [0.15, 0.2) is 40.5 Å². The van der Waals surface area contributed by atoms with Crippen LogP contribution in [0.4, 0.5) is 5.69 Å². The number of nitrogens with one attached hydrogen (secondary N) is 2. The molecular formula is C13H10ClN3OS. The van der Waals surface area contributed by atoms with Gasteiger partial charge in [0, 0.05) is 10.7 Å². The van der Waals surface area contributed by atoms with Crippen molar-refractivity contribution in [2.24, 2.45) is 0 Å². The molecule has 0 radical (unpaired) electrons. The number of benzene rings is 1. The molecule has 6 heteroatoms. The van der Waals surface area contributed by atoms with Gasteiger partial charge in [-0.25, -0.2) is 4.98 Å². The van der Waals surface area contributed by atoms with Gasteiger partial charge in [-0.3, -0.25) is 4.79 Å². The topological polar surface area (TPSA) is 57.8 Å². The summed E-state index contributed by atoms with van der Waals surface area (Å²) in [7, 11) is 0. The van der Waals surface area contributed by atoms with Crippen LogP contribution in [0.5, 0.6) is 0 Å². The minimum absolute atomic E-state index is 0.0899. The van der Waals surface area contributed by atoms with Gasteiger partial charge in [-0.15, -0.1) is 11.3 Å². The van der Waals surface area contributed by atoms with Gasteiger partial charge in [0.2, 0.25) is 0 Å². The van der Waals surface area contributed by atoms with Gasteiger partial charge < -0.3 is 10.3 Å². The summed E-state index contributed by atoms with van der Waals surface area (Å²) in [6.07, 6.45) is 0. The van der Waals surface area contributed by atoms with E-state index in [4.69, 9.17) is 11.6 Å². The second-order valence-electron chi connectivity index (χ2n) is 4.01. The molecule has 0 aliphatic heterocycles. The summed E-state index contributed by atoms with van der Waals surface area (Å²) in [5.74, 6) is 0.617. The summed E-state index contributed by atoms with van der Waals surface area (Å²) in [6.45, 7) is 0.461. The average molecular weight is 292 g/mol. The Balaban J connectivity index is 1.81. The van der Waals surface area contributed by atoms with E-state index >= 15 is 0 Å². The number of H-pyrrole nitrogens is 1. The zero-order chi connectivity index (χ0) is 13.2. The first-order valence-corrected chi connectivity index (χ1v) is 6.94. The van der Waals surface area contributed by atoms with Crippen LogP contribution in [0.25, 0.3) is 10.2 Å². The molecule has 0 unspecified atom stereocenters. The summed E-state index contributed by atoms with van der Waals surface area (Å²) in [5, 5.41) is 5.74. The van der Waals surface area contributed by atoms with Crippen molar-refractivity contribution in [3.8, 4) is 0 Å². The van der Waals surface area contributed by atoms with Crippen molar-refractivity contribution >= 4 is 38.8 Å². The Morgan fingerprint density at radius 1 is 1.26 bits per heavy atom. The highest BCUT2D eigenvalue weighted by molar-refractivity contribution is 7.17. The van der Waals surface area contributed by atoms with E-state index in [9.17, 15) is 4.79 Å². The molecule has 0 spiro atoms. The fourth-order valence-electron chi connectivity index (χ4n) is 1.76. The lowest BCUT2D eigenvalue weighted by Crippen LogP contribution is -2.13. The summed E-state index contributed by atoms with van der Waals surface area (Å²) >= 11 is 7.21. The van der Waals surface area contributed by atoms with E-state index in [1.54, 1.807) is 0 Å². The third-order valence-electron chi connectivity index (χ3n) is 2.67. The fraction of sp³-hybridized carbons (Fsp3) is 0.0769. The molecule has 3 rings (SSSR count). The number of hydrogen-bond donors (Lipinski definition) is 2. The van der Waals surface area contributed by atoms with E-state index in [1.165, 1.54) is 11.3 Å². The van der Waals surface area contributed by atoms with Crippen molar-refractivity contribution in [2.45, 2.75) is 6.54 Å². The first kappa shape index (κ1) is 12.2.